The molecule has 5 nitrogen and oxygen atoms in total. The van der Waals surface area contributed by atoms with Crippen molar-refractivity contribution in [1.82, 2.24) is 4.98 Å². The van der Waals surface area contributed by atoms with E-state index < -0.39 is 11.9 Å². The molecule has 1 aromatic heterocycles. The van der Waals surface area contributed by atoms with E-state index in [1.54, 1.807) is 13.8 Å². The Morgan fingerprint density at radius 1 is 1.00 bits per heavy atom. The van der Waals surface area contributed by atoms with Crippen molar-refractivity contribution < 1.29 is 23.5 Å². The van der Waals surface area contributed by atoms with Crippen LogP contribution in [-0.4, -0.2) is 30.1 Å². The second-order valence-electron chi connectivity index (χ2n) is 4.57. The summed E-state index contributed by atoms with van der Waals surface area (Å²) in [6.07, 6.45) is 0. The first-order valence-corrected chi connectivity index (χ1v) is 7.17. The second kappa shape index (κ2) is 7.49. The Labute approximate surface area is 133 Å². The van der Waals surface area contributed by atoms with Crippen LogP contribution in [0.2, 0.25) is 0 Å². The zero-order valence-electron chi connectivity index (χ0n) is 12.8. The van der Waals surface area contributed by atoms with Crippen LogP contribution in [0.3, 0.4) is 0 Å². The molecule has 0 aliphatic carbocycles. The van der Waals surface area contributed by atoms with Gasteiger partial charge in [-0.25, -0.2) is 19.0 Å². The van der Waals surface area contributed by atoms with Gasteiger partial charge >= 0.3 is 11.9 Å². The monoisotopic (exact) mass is 317 g/mol. The Kier molecular flexibility index (Phi) is 5.41. The van der Waals surface area contributed by atoms with E-state index in [0.717, 1.165) is 0 Å². The topological polar surface area (TPSA) is 65.5 Å². The Morgan fingerprint density at radius 2 is 1.61 bits per heavy atom. The van der Waals surface area contributed by atoms with Crippen LogP contribution in [0.25, 0.3) is 11.3 Å². The summed E-state index contributed by atoms with van der Waals surface area (Å²) in [5.41, 5.74) is 1.11. The van der Waals surface area contributed by atoms with Gasteiger partial charge in [-0.2, -0.15) is 0 Å². The van der Waals surface area contributed by atoms with E-state index in [0.29, 0.717) is 11.3 Å². The fourth-order valence-electron chi connectivity index (χ4n) is 1.94. The summed E-state index contributed by atoms with van der Waals surface area (Å²) < 4.78 is 22.9. The number of halogens is 1. The molecule has 0 saturated heterocycles. The number of aromatic nitrogens is 1. The van der Waals surface area contributed by atoms with Gasteiger partial charge in [-0.15, -0.1) is 0 Å². The molecule has 0 aliphatic heterocycles. The SMILES string of the molecule is CCOC(=O)c1cc(C(=O)OCC)nc(-c2ccc(F)cc2)c1. The molecule has 0 bridgehead atoms. The molecule has 0 spiro atoms. The molecule has 1 heterocycles. The maximum Gasteiger partial charge on any atom is 0.356 e. The van der Waals surface area contributed by atoms with E-state index in [4.69, 9.17) is 9.47 Å². The number of ether oxygens (including phenoxy) is 2. The van der Waals surface area contributed by atoms with Gasteiger partial charge in [0.25, 0.3) is 0 Å². The van der Waals surface area contributed by atoms with Gasteiger partial charge in [0.1, 0.15) is 11.5 Å². The first-order chi connectivity index (χ1) is 11.0. The smallest absolute Gasteiger partial charge is 0.356 e. The Balaban J connectivity index is 2.50. The molecular formula is C17H16FNO4. The number of benzene rings is 1. The van der Waals surface area contributed by atoms with E-state index in [-0.39, 0.29) is 30.3 Å². The zero-order chi connectivity index (χ0) is 16.8. The van der Waals surface area contributed by atoms with Crippen LogP contribution < -0.4 is 0 Å². The molecule has 0 amide bonds. The molecular weight excluding hydrogens is 301 g/mol. The highest BCUT2D eigenvalue weighted by molar-refractivity contribution is 5.95. The third-order valence-corrected chi connectivity index (χ3v) is 2.96. The standard InChI is InChI=1S/C17H16FNO4/c1-3-22-16(20)12-9-14(11-5-7-13(18)8-6-11)19-15(10-12)17(21)23-4-2/h5-10H,3-4H2,1-2H3. The summed E-state index contributed by atoms with van der Waals surface area (Å²) in [4.78, 5) is 28.1. The van der Waals surface area contributed by atoms with E-state index in [9.17, 15) is 14.0 Å². The summed E-state index contributed by atoms with van der Waals surface area (Å²) in [7, 11) is 0. The number of esters is 2. The largest absolute Gasteiger partial charge is 0.462 e. The minimum absolute atomic E-state index is 0.00303. The summed E-state index contributed by atoms with van der Waals surface area (Å²) in [5, 5.41) is 0. The van der Waals surface area contributed by atoms with Crippen molar-refractivity contribution in [3.05, 3.63) is 53.5 Å². The molecule has 2 rings (SSSR count). The van der Waals surface area contributed by atoms with Crippen molar-refractivity contribution in [2.24, 2.45) is 0 Å². The molecule has 23 heavy (non-hydrogen) atoms. The first-order valence-electron chi connectivity index (χ1n) is 7.17. The van der Waals surface area contributed by atoms with E-state index >= 15 is 0 Å². The third-order valence-electron chi connectivity index (χ3n) is 2.96. The summed E-state index contributed by atoms with van der Waals surface area (Å²) in [6, 6.07) is 8.40. The zero-order valence-corrected chi connectivity index (χ0v) is 12.8. The van der Waals surface area contributed by atoms with Gasteiger partial charge in [0.2, 0.25) is 0 Å². The molecule has 0 fully saturated rings. The van der Waals surface area contributed by atoms with Crippen molar-refractivity contribution in [3.8, 4) is 11.3 Å². The number of hydrogen-bond acceptors (Lipinski definition) is 5. The molecule has 0 radical (unpaired) electrons. The number of pyridine rings is 1. The maximum absolute atomic E-state index is 13.0. The molecule has 0 N–H and O–H groups in total. The summed E-state index contributed by atoms with van der Waals surface area (Å²) in [6.45, 7) is 3.76. The summed E-state index contributed by atoms with van der Waals surface area (Å²) >= 11 is 0. The fraction of sp³-hybridized carbons (Fsp3) is 0.235. The van der Waals surface area contributed by atoms with Crippen LogP contribution in [0, 0.1) is 5.82 Å². The lowest BCUT2D eigenvalue weighted by Gasteiger charge is -2.08. The van der Waals surface area contributed by atoms with Crippen molar-refractivity contribution in [2.75, 3.05) is 13.2 Å². The lowest BCUT2D eigenvalue weighted by atomic mass is 10.1. The van der Waals surface area contributed by atoms with Crippen molar-refractivity contribution >= 4 is 11.9 Å². The average Bonchev–Trinajstić information content (AvgIpc) is 2.55. The van der Waals surface area contributed by atoms with Crippen LogP contribution in [0.4, 0.5) is 4.39 Å². The average molecular weight is 317 g/mol. The van der Waals surface area contributed by atoms with Gasteiger partial charge in [-0.05, 0) is 50.2 Å². The van der Waals surface area contributed by atoms with Crippen LogP contribution in [0.5, 0.6) is 0 Å². The van der Waals surface area contributed by atoms with Crippen molar-refractivity contribution in [1.29, 1.82) is 0 Å². The minimum Gasteiger partial charge on any atom is -0.462 e. The quantitative estimate of drug-likeness (QED) is 0.792. The Bertz CT molecular complexity index is 677. The molecule has 0 saturated carbocycles. The lowest BCUT2D eigenvalue weighted by molar-refractivity contribution is 0.0519. The molecule has 1 aromatic carbocycles. The van der Waals surface area contributed by atoms with E-state index in [1.165, 1.54) is 36.4 Å². The number of carbonyl (C=O) groups excluding carboxylic acids is 2. The van der Waals surface area contributed by atoms with Crippen LogP contribution >= 0.6 is 0 Å². The highest BCUT2D eigenvalue weighted by atomic mass is 19.1. The highest BCUT2D eigenvalue weighted by Gasteiger charge is 2.17. The second-order valence-corrected chi connectivity index (χ2v) is 4.57. The predicted molar refractivity (Wildman–Crippen MR) is 81.5 cm³/mol. The molecule has 0 unspecified atom stereocenters. The number of nitrogens with zero attached hydrogens (tertiary/aromatic N) is 1. The molecule has 6 heteroatoms. The first kappa shape index (κ1) is 16.6. The summed E-state index contributed by atoms with van der Waals surface area (Å²) in [5.74, 6) is -1.59. The number of rotatable bonds is 5. The Hall–Kier alpha value is -2.76. The highest BCUT2D eigenvalue weighted by Crippen LogP contribution is 2.21. The normalized spacial score (nSPS) is 10.2. The molecule has 0 atom stereocenters. The van der Waals surface area contributed by atoms with Gasteiger partial charge in [-0.1, -0.05) is 0 Å². The van der Waals surface area contributed by atoms with Gasteiger partial charge in [0.05, 0.1) is 24.5 Å². The lowest BCUT2D eigenvalue weighted by Crippen LogP contribution is -2.12. The third kappa shape index (κ3) is 4.12. The molecule has 0 aliphatic rings. The van der Waals surface area contributed by atoms with Crippen LogP contribution in [0.15, 0.2) is 36.4 Å². The van der Waals surface area contributed by atoms with E-state index in [1.807, 2.05) is 0 Å². The maximum atomic E-state index is 13.0. The van der Waals surface area contributed by atoms with Crippen LogP contribution in [-0.2, 0) is 9.47 Å². The van der Waals surface area contributed by atoms with Crippen molar-refractivity contribution in [3.63, 3.8) is 0 Å². The van der Waals surface area contributed by atoms with Gasteiger partial charge in [0, 0.05) is 5.56 Å². The van der Waals surface area contributed by atoms with Gasteiger partial charge < -0.3 is 9.47 Å². The number of hydrogen-bond donors (Lipinski definition) is 0. The fourth-order valence-corrected chi connectivity index (χ4v) is 1.94. The number of carbonyl (C=O) groups is 2. The van der Waals surface area contributed by atoms with Crippen LogP contribution in [0.1, 0.15) is 34.7 Å². The molecule has 2 aromatic rings. The van der Waals surface area contributed by atoms with E-state index in [2.05, 4.69) is 4.98 Å². The Morgan fingerprint density at radius 3 is 2.22 bits per heavy atom. The van der Waals surface area contributed by atoms with Gasteiger partial charge in [-0.3, -0.25) is 0 Å². The minimum atomic E-state index is -0.637. The van der Waals surface area contributed by atoms with Gasteiger partial charge in [0.15, 0.2) is 0 Å². The molecule has 120 valence electrons. The van der Waals surface area contributed by atoms with Crippen molar-refractivity contribution in [2.45, 2.75) is 13.8 Å². The predicted octanol–water partition coefficient (Wildman–Crippen LogP) is 3.24.